The molecule has 0 aliphatic rings. The van der Waals surface area contributed by atoms with E-state index in [4.69, 9.17) is 0 Å². The summed E-state index contributed by atoms with van der Waals surface area (Å²) in [5, 5.41) is 3.50. The predicted molar refractivity (Wildman–Crippen MR) is 55.4 cm³/mol. The van der Waals surface area contributed by atoms with Crippen LogP contribution in [0.2, 0.25) is 0 Å². The third-order valence-electron chi connectivity index (χ3n) is 2.40. The number of aromatic nitrogens is 1. The Morgan fingerprint density at radius 1 is 1.31 bits per heavy atom. The van der Waals surface area contributed by atoms with Gasteiger partial charge in [-0.2, -0.15) is 0 Å². The van der Waals surface area contributed by atoms with Crippen LogP contribution < -0.4 is 5.32 Å². The molecule has 1 N–H and O–H groups in total. The molecule has 2 heteroatoms. The van der Waals surface area contributed by atoms with Crippen molar-refractivity contribution in [2.75, 3.05) is 0 Å². The van der Waals surface area contributed by atoms with Gasteiger partial charge in [0.05, 0.1) is 0 Å². The summed E-state index contributed by atoms with van der Waals surface area (Å²) in [6.07, 6.45) is 4.80. The van der Waals surface area contributed by atoms with Crippen LogP contribution in [0.3, 0.4) is 0 Å². The number of rotatable bonds is 4. The van der Waals surface area contributed by atoms with Crippen molar-refractivity contribution in [2.45, 2.75) is 39.3 Å². The number of hydrogen-bond donors (Lipinski definition) is 1. The third-order valence-corrected chi connectivity index (χ3v) is 2.40. The van der Waals surface area contributed by atoms with Gasteiger partial charge in [0.1, 0.15) is 0 Å². The van der Waals surface area contributed by atoms with Crippen molar-refractivity contribution in [1.82, 2.24) is 10.3 Å². The van der Waals surface area contributed by atoms with Crippen molar-refractivity contribution in [2.24, 2.45) is 0 Å². The largest absolute Gasteiger partial charge is 0.308 e. The fourth-order valence-corrected chi connectivity index (χ4v) is 0.967. The van der Waals surface area contributed by atoms with Crippen molar-refractivity contribution < 1.29 is 0 Å². The molecular weight excluding hydrogens is 160 g/mol. The van der Waals surface area contributed by atoms with Crippen LogP contribution in [-0.2, 0) is 6.54 Å². The lowest BCUT2D eigenvalue weighted by Crippen LogP contribution is -2.37. The normalized spacial score (nSPS) is 11.6. The SMILES string of the molecule is CCC(C)(C)NCc1ccncc1. The molecule has 0 amide bonds. The predicted octanol–water partition coefficient (Wildman–Crippen LogP) is 2.36. The summed E-state index contributed by atoms with van der Waals surface area (Å²) >= 11 is 0. The Hall–Kier alpha value is -0.890. The van der Waals surface area contributed by atoms with E-state index in [-0.39, 0.29) is 5.54 Å². The summed E-state index contributed by atoms with van der Waals surface area (Å²) in [6.45, 7) is 7.55. The Labute approximate surface area is 80.4 Å². The molecule has 0 aliphatic carbocycles. The topological polar surface area (TPSA) is 24.9 Å². The molecule has 0 fully saturated rings. The summed E-state index contributed by atoms with van der Waals surface area (Å²) in [4.78, 5) is 3.98. The summed E-state index contributed by atoms with van der Waals surface area (Å²) in [7, 11) is 0. The minimum atomic E-state index is 0.225. The minimum absolute atomic E-state index is 0.225. The van der Waals surface area contributed by atoms with Gasteiger partial charge in [0, 0.05) is 24.5 Å². The molecule has 0 bridgehead atoms. The van der Waals surface area contributed by atoms with E-state index in [2.05, 4.69) is 31.1 Å². The lowest BCUT2D eigenvalue weighted by Gasteiger charge is -2.24. The zero-order valence-corrected chi connectivity index (χ0v) is 8.67. The van der Waals surface area contributed by atoms with Crippen LogP contribution in [0.4, 0.5) is 0 Å². The second-order valence-corrected chi connectivity index (χ2v) is 3.95. The van der Waals surface area contributed by atoms with Crippen LogP contribution in [0, 0.1) is 0 Å². The molecule has 0 aliphatic heterocycles. The monoisotopic (exact) mass is 178 g/mol. The molecule has 2 nitrogen and oxygen atoms in total. The first-order valence-corrected chi connectivity index (χ1v) is 4.78. The fraction of sp³-hybridized carbons (Fsp3) is 0.545. The van der Waals surface area contributed by atoms with E-state index in [0.717, 1.165) is 13.0 Å². The Morgan fingerprint density at radius 2 is 1.92 bits per heavy atom. The van der Waals surface area contributed by atoms with E-state index in [1.165, 1.54) is 5.56 Å². The average molecular weight is 178 g/mol. The summed E-state index contributed by atoms with van der Waals surface area (Å²) in [5.41, 5.74) is 1.51. The highest BCUT2D eigenvalue weighted by atomic mass is 14.9. The Bertz CT molecular complexity index is 242. The lowest BCUT2D eigenvalue weighted by molar-refractivity contribution is 0.374. The molecule has 0 atom stereocenters. The van der Waals surface area contributed by atoms with Crippen LogP contribution >= 0.6 is 0 Å². The maximum Gasteiger partial charge on any atom is 0.0271 e. The molecule has 0 aromatic carbocycles. The van der Waals surface area contributed by atoms with Gasteiger partial charge in [-0.25, -0.2) is 0 Å². The van der Waals surface area contributed by atoms with Gasteiger partial charge < -0.3 is 5.32 Å². The Morgan fingerprint density at radius 3 is 2.46 bits per heavy atom. The molecule has 0 saturated carbocycles. The highest BCUT2D eigenvalue weighted by molar-refractivity contribution is 5.09. The molecule has 72 valence electrons. The third kappa shape index (κ3) is 3.55. The molecule has 0 radical (unpaired) electrons. The van der Waals surface area contributed by atoms with Crippen LogP contribution in [0.5, 0.6) is 0 Å². The van der Waals surface area contributed by atoms with Gasteiger partial charge in [0.15, 0.2) is 0 Å². The summed E-state index contributed by atoms with van der Waals surface area (Å²) in [5.74, 6) is 0. The van der Waals surface area contributed by atoms with Crippen molar-refractivity contribution >= 4 is 0 Å². The lowest BCUT2D eigenvalue weighted by atomic mass is 10.0. The molecule has 1 heterocycles. The highest BCUT2D eigenvalue weighted by Gasteiger charge is 2.12. The molecule has 0 spiro atoms. The minimum Gasteiger partial charge on any atom is -0.308 e. The van der Waals surface area contributed by atoms with Gasteiger partial charge >= 0.3 is 0 Å². The maximum absolute atomic E-state index is 3.98. The molecule has 0 saturated heterocycles. The fourth-order valence-electron chi connectivity index (χ4n) is 0.967. The molecule has 1 aromatic heterocycles. The van der Waals surface area contributed by atoms with E-state index in [0.29, 0.717) is 0 Å². The first kappa shape index (κ1) is 10.2. The van der Waals surface area contributed by atoms with E-state index < -0.39 is 0 Å². The number of hydrogen-bond acceptors (Lipinski definition) is 2. The molecule has 1 aromatic rings. The zero-order valence-electron chi connectivity index (χ0n) is 8.67. The van der Waals surface area contributed by atoms with Crippen LogP contribution in [0.25, 0.3) is 0 Å². The first-order chi connectivity index (χ1) is 6.14. The van der Waals surface area contributed by atoms with Crippen molar-refractivity contribution in [1.29, 1.82) is 0 Å². The van der Waals surface area contributed by atoms with Crippen LogP contribution in [0.15, 0.2) is 24.5 Å². The maximum atomic E-state index is 3.98. The first-order valence-electron chi connectivity index (χ1n) is 4.78. The van der Waals surface area contributed by atoms with Crippen molar-refractivity contribution in [3.05, 3.63) is 30.1 Å². The van der Waals surface area contributed by atoms with Crippen LogP contribution in [0.1, 0.15) is 32.8 Å². The number of nitrogens with zero attached hydrogens (tertiary/aromatic N) is 1. The molecule has 0 unspecified atom stereocenters. The standard InChI is InChI=1S/C11H18N2/c1-4-11(2,3)13-9-10-5-7-12-8-6-10/h5-8,13H,4,9H2,1-3H3. The van der Waals surface area contributed by atoms with Gasteiger partial charge in [-0.1, -0.05) is 6.92 Å². The van der Waals surface area contributed by atoms with E-state index in [9.17, 15) is 0 Å². The van der Waals surface area contributed by atoms with Crippen molar-refractivity contribution in [3.8, 4) is 0 Å². The van der Waals surface area contributed by atoms with E-state index in [1.807, 2.05) is 24.5 Å². The summed E-state index contributed by atoms with van der Waals surface area (Å²) in [6, 6.07) is 4.08. The van der Waals surface area contributed by atoms with Gasteiger partial charge in [0.2, 0.25) is 0 Å². The second-order valence-electron chi connectivity index (χ2n) is 3.95. The van der Waals surface area contributed by atoms with Gasteiger partial charge in [-0.05, 0) is 38.0 Å². The van der Waals surface area contributed by atoms with Crippen molar-refractivity contribution in [3.63, 3.8) is 0 Å². The molecular formula is C11H18N2. The molecule has 1 rings (SSSR count). The van der Waals surface area contributed by atoms with E-state index >= 15 is 0 Å². The molecule has 13 heavy (non-hydrogen) atoms. The Balaban J connectivity index is 2.44. The number of pyridine rings is 1. The Kier molecular flexibility index (Phi) is 3.43. The smallest absolute Gasteiger partial charge is 0.0271 e. The highest BCUT2D eigenvalue weighted by Crippen LogP contribution is 2.08. The second kappa shape index (κ2) is 4.38. The van der Waals surface area contributed by atoms with Gasteiger partial charge in [-0.3, -0.25) is 4.98 Å². The average Bonchev–Trinajstić information content (AvgIpc) is 2.17. The van der Waals surface area contributed by atoms with Gasteiger partial charge in [0.25, 0.3) is 0 Å². The van der Waals surface area contributed by atoms with E-state index in [1.54, 1.807) is 0 Å². The van der Waals surface area contributed by atoms with Gasteiger partial charge in [-0.15, -0.1) is 0 Å². The number of nitrogens with one attached hydrogen (secondary N) is 1. The van der Waals surface area contributed by atoms with Crippen LogP contribution in [-0.4, -0.2) is 10.5 Å². The quantitative estimate of drug-likeness (QED) is 0.765. The zero-order chi connectivity index (χ0) is 9.73. The summed E-state index contributed by atoms with van der Waals surface area (Å²) < 4.78 is 0.